The number of nitrogens with one attached hydrogen (secondary N) is 1. The molecule has 130 valence electrons. The van der Waals surface area contributed by atoms with Crippen LogP contribution < -0.4 is 5.32 Å². The minimum absolute atomic E-state index is 0.252. The molecular formula is C19H20N2O3S. The molecule has 0 radical (unpaired) electrons. The van der Waals surface area contributed by atoms with E-state index in [1.54, 1.807) is 37.4 Å². The fourth-order valence-corrected chi connectivity index (χ4v) is 3.78. The maximum atomic E-state index is 12.7. The second kappa shape index (κ2) is 7.70. The van der Waals surface area contributed by atoms with E-state index in [-0.39, 0.29) is 5.91 Å². The second-order valence-corrected chi connectivity index (χ2v) is 7.47. The number of carboxylic acids is 1. The van der Waals surface area contributed by atoms with E-state index >= 15 is 0 Å². The zero-order valence-electron chi connectivity index (χ0n) is 14.0. The van der Waals surface area contributed by atoms with Crippen molar-refractivity contribution in [3.8, 4) is 0 Å². The lowest BCUT2D eigenvalue weighted by Crippen LogP contribution is -2.16. The van der Waals surface area contributed by atoms with E-state index in [2.05, 4.69) is 10.3 Å². The Balaban J connectivity index is 1.78. The van der Waals surface area contributed by atoms with Crippen molar-refractivity contribution < 1.29 is 14.7 Å². The first-order valence-electron chi connectivity index (χ1n) is 8.32. The molecule has 2 N–H and O–H groups in total. The Labute approximate surface area is 150 Å². The number of hydrogen-bond donors (Lipinski definition) is 2. The lowest BCUT2D eigenvalue weighted by Gasteiger charge is -2.16. The van der Waals surface area contributed by atoms with Crippen LogP contribution in [0.2, 0.25) is 0 Å². The van der Waals surface area contributed by atoms with E-state index < -0.39 is 11.2 Å². The quantitative estimate of drug-likeness (QED) is 0.797. The molecule has 1 aromatic heterocycles. The molecule has 1 aliphatic rings. The number of nitrogens with zero attached hydrogens (tertiary/aromatic N) is 1. The zero-order valence-corrected chi connectivity index (χ0v) is 14.8. The summed E-state index contributed by atoms with van der Waals surface area (Å²) in [7, 11) is 0. The van der Waals surface area contributed by atoms with Crippen molar-refractivity contribution in [3.05, 3.63) is 53.3 Å². The molecule has 0 fully saturated rings. The molecule has 1 atom stereocenters. The molecule has 1 heterocycles. The number of aromatic nitrogens is 1. The monoisotopic (exact) mass is 356 g/mol. The Hall–Kier alpha value is -2.34. The third-order valence-corrected chi connectivity index (χ3v) is 5.38. The summed E-state index contributed by atoms with van der Waals surface area (Å²) in [5.74, 6) is -1.16. The Morgan fingerprint density at radius 3 is 2.80 bits per heavy atom. The van der Waals surface area contributed by atoms with E-state index in [1.807, 2.05) is 6.07 Å². The van der Waals surface area contributed by atoms with Gasteiger partial charge in [-0.2, -0.15) is 0 Å². The van der Waals surface area contributed by atoms with Crippen LogP contribution in [-0.4, -0.2) is 27.2 Å². The topological polar surface area (TPSA) is 79.3 Å². The Bertz CT molecular complexity index is 807. The van der Waals surface area contributed by atoms with E-state index in [4.69, 9.17) is 5.11 Å². The van der Waals surface area contributed by atoms with Gasteiger partial charge in [-0.1, -0.05) is 12.1 Å². The molecule has 5 nitrogen and oxygen atoms in total. The van der Waals surface area contributed by atoms with Gasteiger partial charge in [-0.15, -0.1) is 11.8 Å². The van der Waals surface area contributed by atoms with Gasteiger partial charge in [-0.3, -0.25) is 14.6 Å². The van der Waals surface area contributed by atoms with Crippen LogP contribution in [0.25, 0.3) is 0 Å². The highest BCUT2D eigenvalue weighted by Gasteiger charge is 2.18. The molecule has 1 aromatic carbocycles. The molecular weight excluding hydrogens is 336 g/mol. The number of thioether (sulfide) groups is 1. The standard InChI is InChI=1S/C19H20N2O3S/c1-12(19(23)24)25-17-9-5-3-7-15(17)18(22)21-14-10-13-6-2-4-8-16(13)20-11-14/h3,5,7,9-12H,2,4,6,8H2,1H3,(H,21,22)(H,23,24). The Morgan fingerprint density at radius 1 is 1.24 bits per heavy atom. The lowest BCUT2D eigenvalue weighted by atomic mass is 9.96. The molecule has 0 aliphatic heterocycles. The van der Waals surface area contributed by atoms with Crippen molar-refractivity contribution in [1.82, 2.24) is 4.98 Å². The van der Waals surface area contributed by atoms with Gasteiger partial charge in [0.05, 0.1) is 17.4 Å². The number of carbonyl (C=O) groups excluding carboxylic acids is 1. The average Bonchev–Trinajstić information content (AvgIpc) is 2.62. The number of aryl methyl sites for hydroxylation is 2. The number of amides is 1. The first kappa shape index (κ1) is 17.5. The number of benzene rings is 1. The van der Waals surface area contributed by atoms with E-state index in [1.165, 1.54) is 5.56 Å². The molecule has 0 spiro atoms. The van der Waals surface area contributed by atoms with Crippen LogP contribution in [-0.2, 0) is 17.6 Å². The molecule has 3 rings (SSSR count). The summed E-state index contributed by atoms with van der Waals surface area (Å²) in [4.78, 5) is 28.9. The van der Waals surface area contributed by atoms with E-state index in [9.17, 15) is 9.59 Å². The smallest absolute Gasteiger partial charge is 0.316 e. The van der Waals surface area contributed by atoms with Crippen LogP contribution in [0, 0.1) is 0 Å². The minimum atomic E-state index is -0.904. The third kappa shape index (κ3) is 4.20. The van der Waals surface area contributed by atoms with E-state index in [0.717, 1.165) is 43.1 Å². The zero-order chi connectivity index (χ0) is 17.8. The maximum absolute atomic E-state index is 12.7. The summed E-state index contributed by atoms with van der Waals surface area (Å²) in [5.41, 5.74) is 3.47. The number of hydrogen-bond acceptors (Lipinski definition) is 4. The molecule has 25 heavy (non-hydrogen) atoms. The summed E-state index contributed by atoms with van der Waals surface area (Å²) in [6.45, 7) is 1.61. The summed E-state index contributed by atoms with van der Waals surface area (Å²) in [6, 6.07) is 9.04. The van der Waals surface area contributed by atoms with Gasteiger partial charge in [0.15, 0.2) is 0 Å². The second-order valence-electron chi connectivity index (χ2n) is 6.09. The van der Waals surface area contributed by atoms with Gasteiger partial charge < -0.3 is 10.4 Å². The first-order chi connectivity index (χ1) is 12.0. The normalized spacial score (nSPS) is 14.4. The highest BCUT2D eigenvalue weighted by Crippen LogP contribution is 2.28. The van der Waals surface area contributed by atoms with Crippen LogP contribution in [0.15, 0.2) is 41.4 Å². The van der Waals surface area contributed by atoms with Gasteiger partial charge in [0, 0.05) is 10.6 Å². The molecule has 1 aliphatic carbocycles. The number of carboxylic acid groups (broad SMARTS) is 1. The number of carbonyl (C=O) groups is 2. The lowest BCUT2D eigenvalue weighted by molar-refractivity contribution is -0.136. The highest BCUT2D eigenvalue weighted by molar-refractivity contribution is 8.00. The van der Waals surface area contributed by atoms with Crippen LogP contribution >= 0.6 is 11.8 Å². The number of rotatable bonds is 5. The van der Waals surface area contributed by atoms with Crippen molar-refractivity contribution in [2.45, 2.75) is 42.8 Å². The fraction of sp³-hybridized carbons (Fsp3) is 0.316. The van der Waals surface area contributed by atoms with Crippen LogP contribution in [0.5, 0.6) is 0 Å². The summed E-state index contributed by atoms with van der Waals surface area (Å²) < 4.78 is 0. The predicted molar refractivity (Wildman–Crippen MR) is 98.2 cm³/mol. The van der Waals surface area contributed by atoms with Gasteiger partial charge in [-0.25, -0.2) is 0 Å². The SMILES string of the molecule is CC(Sc1ccccc1C(=O)Nc1cnc2c(c1)CCCC2)C(=O)O. The van der Waals surface area contributed by atoms with Crippen LogP contribution in [0.3, 0.4) is 0 Å². The molecule has 0 saturated carbocycles. The van der Waals surface area contributed by atoms with E-state index in [0.29, 0.717) is 16.1 Å². The molecule has 1 unspecified atom stereocenters. The Kier molecular flexibility index (Phi) is 5.38. The molecule has 1 amide bonds. The predicted octanol–water partition coefficient (Wildman–Crippen LogP) is 3.78. The summed E-state index contributed by atoms with van der Waals surface area (Å²) in [5, 5.41) is 11.4. The third-order valence-electron chi connectivity index (χ3n) is 4.21. The van der Waals surface area contributed by atoms with Gasteiger partial charge in [0.1, 0.15) is 5.25 Å². The van der Waals surface area contributed by atoms with Gasteiger partial charge in [0.2, 0.25) is 0 Å². The largest absolute Gasteiger partial charge is 0.480 e. The number of aliphatic carboxylic acids is 1. The Morgan fingerprint density at radius 2 is 2.00 bits per heavy atom. The number of pyridine rings is 1. The van der Waals surface area contributed by atoms with Gasteiger partial charge in [0.25, 0.3) is 5.91 Å². The summed E-state index contributed by atoms with van der Waals surface area (Å²) >= 11 is 1.16. The summed E-state index contributed by atoms with van der Waals surface area (Å²) in [6.07, 6.45) is 6.00. The van der Waals surface area contributed by atoms with Crippen LogP contribution in [0.1, 0.15) is 41.4 Å². The maximum Gasteiger partial charge on any atom is 0.316 e. The van der Waals surface area contributed by atoms with Gasteiger partial charge in [-0.05, 0) is 56.4 Å². The average molecular weight is 356 g/mol. The number of fused-ring (bicyclic) bond motifs is 1. The molecule has 0 saturated heterocycles. The van der Waals surface area contributed by atoms with Crippen molar-refractivity contribution in [1.29, 1.82) is 0 Å². The van der Waals surface area contributed by atoms with Crippen molar-refractivity contribution in [2.75, 3.05) is 5.32 Å². The molecule has 6 heteroatoms. The highest BCUT2D eigenvalue weighted by atomic mass is 32.2. The number of anilines is 1. The fourth-order valence-electron chi connectivity index (χ4n) is 2.85. The van der Waals surface area contributed by atoms with Crippen molar-refractivity contribution in [3.63, 3.8) is 0 Å². The molecule has 0 bridgehead atoms. The van der Waals surface area contributed by atoms with Crippen molar-refractivity contribution in [2.24, 2.45) is 0 Å². The van der Waals surface area contributed by atoms with Crippen LogP contribution in [0.4, 0.5) is 5.69 Å². The first-order valence-corrected chi connectivity index (χ1v) is 9.20. The van der Waals surface area contributed by atoms with Crippen molar-refractivity contribution >= 4 is 29.3 Å². The minimum Gasteiger partial charge on any atom is -0.480 e. The van der Waals surface area contributed by atoms with Gasteiger partial charge >= 0.3 is 5.97 Å². The molecule has 2 aromatic rings.